The number of carbonyl (C=O) groups is 2. The molecule has 2 aromatic carbocycles. The summed E-state index contributed by atoms with van der Waals surface area (Å²) in [6, 6.07) is 12.9. The molecule has 3 N–H and O–H groups in total. The Balaban J connectivity index is 1.73. The van der Waals surface area contributed by atoms with E-state index in [1.807, 2.05) is 30.3 Å². The normalized spacial score (nSPS) is 19.0. The van der Waals surface area contributed by atoms with Gasteiger partial charge < -0.3 is 10.1 Å². The summed E-state index contributed by atoms with van der Waals surface area (Å²) in [5, 5.41) is 11.5. The number of hydroxylamine groups is 1. The monoisotopic (exact) mass is 443 g/mol. The minimum absolute atomic E-state index is 0.115. The van der Waals surface area contributed by atoms with Crippen molar-refractivity contribution in [1.29, 1.82) is 0 Å². The number of benzene rings is 2. The van der Waals surface area contributed by atoms with Crippen LogP contribution in [0.1, 0.15) is 12.5 Å². The lowest BCUT2D eigenvalue weighted by Gasteiger charge is -2.37. The van der Waals surface area contributed by atoms with Crippen molar-refractivity contribution in [3.8, 4) is 17.6 Å². The van der Waals surface area contributed by atoms with E-state index in [0.29, 0.717) is 5.75 Å². The van der Waals surface area contributed by atoms with Crippen LogP contribution in [0.2, 0.25) is 0 Å². The average Bonchev–Trinajstić information content (AvgIpc) is 2.77. The minimum Gasteiger partial charge on any atom is -0.481 e. The fourth-order valence-electron chi connectivity index (χ4n) is 3.15. The molecule has 162 valence electrons. The number of amides is 2. The van der Waals surface area contributed by atoms with Crippen LogP contribution in [0.25, 0.3) is 0 Å². The zero-order chi connectivity index (χ0) is 22.4. The molecule has 0 spiro atoms. The van der Waals surface area contributed by atoms with E-state index in [2.05, 4.69) is 17.2 Å². The van der Waals surface area contributed by atoms with Crippen molar-refractivity contribution in [1.82, 2.24) is 15.1 Å². The summed E-state index contributed by atoms with van der Waals surface area (Å²) in [5.41, 5.74) is 2.31. The Morgan fingerprint density at radius 2 is 1.90 bits per heavy atom. The van der Waals surface area contributed by atoms with Gasteiger partial charge >= 0.3 is 0 Å². The van der Waals surface area contributed by atoms with Crippen molar-refractivity contribution >= 4 is 21.8 Å². The van der Waals surface area contributed by atoms with Gasteiger partial charge in [-0.05, 0) is 43.3 Å². The number of ether oxygens (including phenoxy) is 1. The predicted octanol–water partition coefficient (Wildman–Crippen LogP) is 0.500. The maximum absolute atomic E-state index is 13.1. The molecule has 1 aliphatic heterocycles. The first-order valence-corrected chi connectivity index (χ1v) is 10.8. The van der Waals surface area contributed by atoms with Crippen molar-refractivity contribution in [2.75, 3.05) is 13.2 Å². The molecule has 1 saturated heterocycles. The SMILES string of the molecule is CC1NC(=O)CN(S(=O)(=O)c2ccc(OCC#Cc3ccccc3)cc2)C1C(=O)NO. The van der Waals surface area contributed by atoms with Gasteiger partial charge in [0.15, 0.2) is 0 Å². The Morgan fingerprint density at radius 1 is 1.23 bits per heavy atom. The topological polar surface area (TPSA) is 125 Å². The van der Waals surface area contributed by atoms with Gasteiger partial charge in [-0.15, -0.1) is 0 Å². The smallest absolute Gasteiger partial charge is 0.263 e. The standard InChI is InChI=1S/C21H21N3O6S/c1-15-20(21(26)23-27)24(14-19(25)22-15)31(28,29)18-11-9-17(10-12-18)30-13-5-8-16-6-3-2-4-7-16/h2-4,6-7,9-12,15,20,27H,13-14H2,1H3,(H,22,25)(H,23,26). The largest absolute Gasteiger partial charge is 0.481 e. The molecule has 0 aromatic heterocycles. The molecule has 0 aliphatic carbocycles. The maximum atomic E-state index is 13.1. The number of hydrogen-bond acceptors (Lipinski definition) is 6. The van der Waals surface area contributed by atoms with Gasteiger partial charge in [0.05, 0.1) is 17.5 Å². The molecule has 10 heteroatoms. The lowest BCUT2D eigenvalue weighted by atomic mass is 10.1. The molecule has 1 fully saturated rings. The third-order valence-electron chi connectivity index (χ3n) is 4.60. The second kappa shape index (κ2) is 9.61. The lowest BCUT2D eigenvalue weighted by molar-refractivity contribution is -0.137. The maximum Gasteiger partial charge on any atom is 0.263 e. The molecule has 3 rings (SSSR count). The number of nitrogens with zero attached hydrogens (tertiary/aromatic N) is 1. The molecule has 2 unspecified atom stereocenters. The van der Waals surface area contributed by atoms with Crippen LogP contribution in [0.3, 0.4) is 0 Å². The first-order valence-electron chi connectivity index (χ1n) is 9.35. The highest BCUT2D eigenvalue weighted by Crippen LogP contribution is 2.24. The van der Waals surface area contributed by atoms with Gasteiger partial charge in [-0.2, -0.15) is 4.31 Å². The highest BCUT2D eigenvalue weighted by atomic mass is 32.2. The molecule has 1 heterocycles. The molecule has 1 aliphatic rings. The molecule has 9 nitrogen and oxygen atoms in total. The van der Waals surface area contributed by atoms with E-state index < -0.39 is 40.5 Å². The zero-order valence-corrected chi connectivity index (χ0v) is 17.4. The van der Waals surface area contributed by atoms with E-state index in [9.17, 15) is 18.0 Å². The second-order valence-electron chi connectivity index (χ2n) is 6.76. The van der Waals surface area contributed by atoms with Gasteiger partial charge in [-0.1, -0.05) is 30.0 Å². The number of piperazine rings is 1. The summed E-state index contributed by atoms with van der Waals surface area (Å²) in [4.78, 5) is 23.8. The van der Waals surface area contributed by atoms with E-state index >= 15 is 0 Å². The lowest BCUT2D eigenvalue weighted by Crippen LogP contribution is -2.65. The third kappa shape index (κ3) is 5.21. The van der Waals surface area contributed by atoms with Crippen LogP contribution in [-0.2, 0) is 19.6 Å². The van der Waals surface area contributed by atoms with Crippen molar-refractivity contribution in [2.45, 2.75) is 23.9 Å². The molecule has 0 bridgehead atoms. The van der Waals surface area contributed by atoms with E-state index in [0.717, 1.165) is 9.87 Å². The number of carbonyl (C=O) groups excluding carboxylic acids is 2. The first-order chi connectivity index (χ1) is 14.8. The molecule has 0 saturated carbocycles. The third-order valence-corrected chi connectivity index (χ3v) is 6.44. The summed E-state index contributed by atoms with van der Waals surface area (Å²) >= 11 is 0. The van der Waals surface area contributed by atoms with Gasteiger partial charge in [0.25, 0.3) is 5.91 Å². The van der Waals surface area contributed by atoms with E-state index in [4.69, 9.17) is 9.94 Å². The summed E-state index contributed by atoms with van der Waals surface area (Å²) in [6.07, 6.45) is 0. The highest BCUT2D eigenvalue weighted by molar-refractivity contribution is 7.89. The predicted molar refractivity (Wildman–Crippen MR) is 110 cm³/mol. The van der Waals surface area contributed by atoms with Gasteiger partial charge in [0.2, 0.25) is 15.9 Å². The van der Waals surface area contributed by atoms with Crippen LogP contribution >= 0.6 is 0 Å². The summed E-state index contributed by atoms with van der Waals surface area (Å²) in [7, 11) is -4.19. The molecule has 2 amide bonds. The Bertz CT molecular complexity index is 1110. The number of rotatable bonds is 5. The summed E-state index contributed by atoms with van der Waals surface area (Å²) < 4.78 is 32.4. The minimum atomic E-state index is -4.19. The number of hydrogen-bond donors (Lipinski definition) is 3. The second-order valence-corrected chi connectivity index (χ2v) is 8.65. The zero-order valence-electron chi connectivity index (χ0n) is 16.6. The van der Waals surface area contributed by atoms with Crippen molar-refractivity contribution in [3.05, 3.63) is 60.2 Å². The van der Waals surface area contributed by atoms with Crippen molar-refractivity contribution < 1.29 is 28.0 Å². The molecule has 2 aromatic rings. The fourth-order valence-corrected chi connectivity index (χ4v) is 4.76. The highest BCUT2D eigenvalue weighted by Gasteiger charge is 2.44. The van der Waals surface area contributed by atoms with Gasteiger partial charge in [0.1, 0.15) is 18.4 Å². The van der Waals surface area contributed by atoms with Crippen molar-refractivity contribution in [3.63, 3.8) is 0 Å². The fraction of sp³-hybridized carbons (Fsp3) is 0.238. The average molecular weight is 443 g/mol. The Morgan fingerprint density at radius 3 is 2.55 bits per heavy atom. The van der Waals surface area contributed by atoms with Crippen LogP contribution < -0.4 is 15.5 Å². The molecular formula is C21H21N3O6S. The van der Waals surface area contributed by atoms with E-state index in [1.165, 1.54) is 36.7 Å². The summed E-state index contributed by atoms with van der Waals surface area (Å²) in [6.45, 7) is 1.05. The van der Waals surface area contributed by atoms with Crippen LogP contribution in [0, 0.1) is 11.8 Å². The Hall–Kier alpha value is -3.39. The summed E-state index contributed by atoms with van der Waals surface area (Å²) in [5.74, 6) is 4.75. The number of nitrogens with one attached hydrogen (secondary N) is 2. The van der Waals surface area contributed by atoms with Crippen LogP contribution in [0.4, 0.5) is 0 Å². The Labute approximate surface area is 180 Å². The van der Waals surface area contributed by atoms with Crippen LogP contribution in [-0.4, -0.2) is 55.0 Å². The molecule has 2 atom stereocenters. The van der Waals surface area contributed by atoms with Gasteiger partial charge in [0, 0.05) is 5.56 Å². The van der Waals surface area contributed by atoms with Crippen molar-refractivity contribution in [2.24, 2.45) is 0 Å². The van der Waals surface area contributed by atoms with Gasteiger partial charge in [-0.25, -0.2) is 13.9 Å². The first kappa shape index (κ1) is 22.3. The Kier molecular flexibility index (Phi) is 6.91. The van der Waals surface area contributed by atoms with E-state index in [1.54, 1.807) is 0 Å². The van der Waals surface area contributed by atoms with E-state index in [-0.39, 0.29) is 11.5 Å². The van der Waals surface area contributed by atoms with Crippen LogP contribution in [0.15, 0.2) is 59.5 Å². The molecular weight excluding hydrogens is 422 g/mol. The quantitative estimate of drug-likeness (QED) is 0.351. The molecule has 0 radical (unpaired) electrons. The van der Waals surface area contributed by atoms with Gasteiger partial charge in [-0.3, -0.25) is 14.8 Å². The molecule has 31 heavy (non-hydrogen) atoms. The number of sulfonamides is 1. The van der Waals surface area contributed by atoms with Crippen LogP contribution in [0.5, 0.6) is 5.75 Å².